The minimum atomic E-state index is -0.0627. The van der Waals surface area contributed by atoms with Gasteiger partial charge in [0.1, 0.15) is 0 Å². The van der Waals surface area contributed by atoms with Gasteiger partial charge in [0.2, 0.25) is 4.96 Å². The second kappa shape index (κ2) is 4.91. The zero-order chi connectivity index (χ0) is 14.2. The molecule has 0 bridgehead atoms. The molecule has 4 aromatic rings. The topological polar surface area (TPSA) is 47.3 Å². The van der Waals surface area contributed by atoms with Crippen molar-refractivity contribution in [2.24, 2.45) is 0 Å². The van der Waals surface area contributed by atoms with Crippen molar-refractivity contribution in [1.82, 2.24) is 14.6 Å². The van der Waals surface area contributed by atoms with Gasteiger partial charge in [-0.3, -0.25) is 4.79 Å². The van der Waals surface area contributed by atoms with Gasteiger partial charge in [-0.05, 0) is 17.5 Å². The normalized spacial score (nSPS) is 12.3. The summed E-state index contributed by atoms with van der Waals surface area (Å²) in [7, 11) is 0. The largest absolute Gasteiger partial charge is 0.276 e. The Bertz CT molecular complexity index is 1000. The van der Waals surface area contributed by atoms with Crippen molar-refractivity contribution in [3.8, 4) is 11.4 Å². The van der Waals surface area contributed by atoms with E-state index in [0.717, 1.165) is 10.4 Å². The Morgan fingerprint density at radius 2 is 1.90 bits per heavy atom. The average Bonchev–Trinajstić information content (AvgIpc) is 3.21. The first-order valence-electron chi connectivity index (χ1n) is 6.31. The number of hydrogen-bond acceptors (Lipinski definition) is 5. The lowest BCUT2D eigenvalue weighted by atomic mass is 10.2. The summed E-state index contributed by atoms with van der Waals surface area (Å²) in [6.45, 7) is 0. The molecular formula is C15H9N3OS2. The number of fused-ring (bicyclic) bond motifs is 1. The lowest BCUT2D eigenvalue weighted by molar-refractivity contribution is 1.09. The quantitative estimate of drug-likeness (QED) is 0.571. The molecule has 0 spiro atoms. The second-order valence-electron chi connectivity index (χ2n) is 4.44. The maximum atomic E-state index is 12.6. The smallest absolute Gasteiger partial charge is 0.267 e. The minimum absolute atomic E-state index is 0.0627. The Morgan fingerprint density at radius 3 is 2.67 bits per heavy atom. The molecule has 0 N–H and O–H groups in total. The lowest BCUT2D eigenvalue weighted by Crippen LogP contribution is -2.23. The first-order valence-corrected chi connectivity index (χ1v) is 8.01. The molecule has 0 radical (unpaired) electrons. The summed E-state index contributed by atoms with van der Waals surface area (Å²) in [6.07, 6.45) is 1.90. The summed E-state index contributed by atoms with van der Waals surface area (Å²) < 4.78 is 2.26. The first kappa shape index (κ1) is 12.4. The molecule has 0 saturated carbocycles. The zero-order valence-electron chi connectivity index (χ0n) is 10.8. The van der Waals surface area contributed by atoms with E-state index in [1.165, 1.54) is 11.3 Å². The lowest BCUT2D eigenvalue weighted by Gasteiger charge is -1.94. The van der Waals surface area contributed by atoms with Crippen LogP contribution in [0.2, 0.25) is 0 Å². The van der Waals surface area contributed by atoms with Crippen molar-refractivity contribution in [3.63, 3.8) is 0 Å². The number of rotatable bonds is 2. The van der Waals surface area contributed by atoms with Crippen molar-refractivity contribution in [3.05, 3.63) is 67.6 Å². The zero-order valence-corrected chi connectivity index (χ0v) is 12.4. The molecule has 1 aromatic carbocycles. The van der Waals surface area contributed by atoms with E-state index < -0.39 is 0 Å². The predicted octanol–water partition coefficient (Wildman–Crippen LogP) is 2.43. The third-order valence-corrected chi connectivity index (χ3v) is 4.88. The van der Waals surface area contributed by atoms with Crippen molar-refractivity contribution in [1.29, 1.82) is 0 Å². The molecule has 0 amide bonds. The van der Waals surface area contributed by atoms with Crippen LogP contribution in [0.3, 0.4) is 0 Å². The molecule has 3 aromatic heterocycles. The Morgan fingerprint density at radius 1 is 1.05 bits per heavy atom. The van der Waals surface area contributed by atoms with Crippen LogP contribution in [-0.4, -0.2) is 14.6 Å². The highest BCUT2D eigenvalue weighted by atomic mass is 32.1. The first-order chi connectivity index (χ1) is 10.3. The Kier molecular flexibility index (Phi) is 2.90. The molecule has 0 saturated heterocycles. The van der Waals surface area contributed by atoms with Gasteiger partial charge in [-0.2, -0.15) is 0 Å². The van der Waals surface area contributed by atoms with E-state index in [1.807, 2.05) is 53.9 Å². The maximum Gasteiger partial charge on any atom is 0.276 e. The van der Waals surface area contributed by atoms with Crippen LogP contribution in [0, 0.1) is 0 Å². The fraction of sp³-hybridized carbons (Fsp3) is 0. The van der Waals surface area contributed by atoms with E-state index in [4.69, 9.17) is 0 Å². The predicted molar refractivity (Wildman–Crippen MR) is 85.7 cm³/mol. The maximum absolute atomic E-state index is 12.6. The van der Waals surface area contributed by atoms with Crippen LogP contribution in [0.25, 0.3) is 22.4 Å². The number of thiophene rings is 1. The van der Waals surface area contributed by atoms with Crippen LogP contribution >= 0.6 is 22.7 Å². The Labute approximate surface area is 127 Å². The number of benzene rings is 1. The highest BCUT2D eigenvalue weighted by Gasteiger charge is 2.13. The number of hydrogen-bond donors (Lipinski definition) is 0. The monoisotopic (exact) mass is 311 g/mol. The van der Waals surface area contributed by atoms with Gasteiger partial charge in [0.05, 0.1) is 4.53 Å². The van der Waals surface area contributed by atoms with Crippen molar-refractivity contribution in [2.75, 3.05) is 0 Å². The van der Waals surface area contributed by atoms with Crippen LogP contribution in [0.4, 0.5) is 0 Å². The van der Waals surface area contributed by atoms with E-state index in [9.17, 15) is 4.79 Å². The summed E-state index contributed by atoms with van der Waals surface area (Å²) in [5.74, 6) is 0.595. The number of aromatic nitrogens is 3. The Hall–Kier alpha value is -2.31. The average molecular weight is 311 g/mol. The van der Waals surface area contributed by atoms with Crippen molar-refractivity contribution in [2.45, 2.75) is 0 Å². The van der Waals surface area contributed by atoms with Crippen LogP contribution in [0.5, 0.6) is 0 Å². The third kappa shape index (κ3) is 2.09. The van der Waals surface area contributed by atoms with Crippen LogP contribution < -0.4 is 10.1 Å². The van der Waals surface area contributed by atoms with E-state index in [0.29, 0.717) is 15.3 Å². The van der Waals surface area contributed by atoms with Crippen LogP contribution in [0.15, 0.2) is 52.6 Å². The summed E-state index contributed by atoms with van der Waals surface area (Å²) in [5, 5.41) is 10.2. The van der Waals surface area contributed by atoms with Gasteiger partial charge in [-0.25, -0.2) is 4.40 Å². The highest BCUT2D eigenvalue weighted by molar-refractivity contribution is 7.15. The molecule has 4 rings (SSSR count). The van der Waals surface area contributed by atoms with Crippen molar-refractivity contribution >= 4 is 33.7 Å². The van der Waals surface area contributed by atoms with Gasteiger partial charge in [-0.1, -0.05) is 47.7 Å². The van der Waals surface area contributed by atoms with E-state index in [1.54, 1.807) is 15.7 Å². The van der Waals surface area contributed by atoms with Crippen molar-refractivity contribution < 1.29 is 0 Å². The van der Waals surface area contributed by atoms with Gasteiger partial charge in [0.15, 0.2) is 5.82 Å². The van der Waals surface area contributed by atoms with E-state index in [-0.39, 0.29) is 5.56 Å². The molecule has 0 fully saturated rings. The standard InChI is InChI=1S/C15H9N3OS2/c19-14-12(9-11-7-4-8-20-11)21-15-17-16-13(18(14)15)10-5-2-1-3-6-10/h1-9H. The highest BCUT2D eigenvalue weighted by Crippen LogP contribution is 2.17. The van der Waals surface area contributed by atoms with Gasteiger partial charge < -0.3 is 0 Å². The minimum Gasteiger partial charge on any atom is -0.267 e. The summed E-state index contributed by atoms with van der Waals surface area (Å²) >= 11 is 2.97. The SMILES string of the molecule is O=c1c(=Cc2cccs2)sc2nnc(-c3ccccc3)n12. The number of thiazole rings is 1. The molecule has 102 valence electrons. The summed E-state index contributed by atoms with van der Waals surface area (Å²) in [4.78, 5) is 14.3. The molecule has 0 aliphatic carbocycles. The fourth-order valence-electron chi connectivity index (χ4n) is 2.14. The van der Waals surface area contributed by atoms with Crippen LogP contribution in [0.1, 0.15) is 4.88 Å². The molecular weight excluding hydrogens is 302 g/mol. The second-order valence-corrected chi connectivity index (χ2v) is 6.43. The van der Waals surface area contributed by atoms with E-state index in [2.05, 4.69) is 10.2 Å². The molecule has 6 heteroatoms. The van der Waals surface area contributed by atoms with Crippen LogP contribution in [-0.2, 0) is 0 Å². The van der Waals surface area contributed by atoms with Gasteiger partial charge in [0.25, 0.3) is 5.56 Å². The summed E-state index contributed by atoms with van der Waals surface area (Å²) in [5.41, 5.74) is 0.829. The molecule has 21 heavy (non-hydrogen) atoms. The summed E-state index contributed by atoms with van der Waals surface area (Å²) in [6, 6.07) is 13.6. The third-order valence-electron chi connectivity index (χ3n) is 3.10. The molecule has 3 heterocycles. The molecule has 4 nitrogen and oxygen atoms in total. The van der Waals surface area contributed by atoms with Gasteiger partial charge >= 0.3 is 0 Å². The molecule has 0 unspecified atom stereocenters. The number of nitrogens with zero attached hydrogens (tertiary/aromatic N) is 3. The van der Waals surface area contributed by atoms with Gasteiger partial charge in [-0.15, -0.1) is 21.5 Å². The van der Waals surface area contributed by atoms with E-state index >= 15 is 0 Å². The fourth-order valence-corrected chi connectivity index (χ4v) is 3.77. The molecule has 0 aliphatic rings. The molecule has 0 atom stereocenters. The molecule has 0 aliphatic heterocycles. The van der Waals surface area contributed by atoms with Gasteiger partial charge in [0, 0.05) is 10.4 Å². The Balaban J connectivity index is 1.98.